The largest absolute Gasteiger partial charge is 0.390 e. The average molecular weight is 342 g/mol. The molecule has 0 unspecified atom stereocenters. The van der Waals surface area contributed by atoms with Crippen molar-refractivity contribution in [2.45, 2.75) is 6.92 Å². The van der Waals surface area contributed by atoms with Crippen LogP contribution in [0.2, 0.25) is 0 Å². The van der Waals surface area contributed by atoms with Gasteiger partial charge in [-0.25, -0.2) is 0 Å². The van der Waals surface area contributed by atoms with Gasteiger partial charge in [-0.3, -0.25) is 0 Å². The quantitative estimate of drug-likeness (QED) is 0.759. The number of nitrogen functional groups attached to an aromatic ring is 1. The SMILES string of the molecule is Cc1cc(-c2nc(-c3ccc(Br)s3)no2)c(N)s1. The van der Waals surface area contributed by atoms with Crippen molar-refractivity contribution in [1.29, 1.82) is 0 Å². The molecule has 0 saturated carbocycles. The van der Waals surface area contributed by atoms with Gasteiger partial charge < -0.3 is 10.3 Å². The summed E-state index contributed by atoms with van der Waals surface area (Å²) in [4.78, 5) is 6.46. The first-order chi connectivity index (χ1) is 8.63. The van der Waals surface area contributed by atoms with Crippen LogP contribution in [0.5, 0.6) is 0 Å². The summed E-state index contributed by atoms with van der Waals surface area (Å²) in [7, 11) is 0. The van der Waals surface area contributed by atoms with E-state index in [1.165, 1.54) is 11.3 Å². The third-order valence-corrected chi connectivity index (χ3v) is 4.83. The minimum absolute atomic E-state index is 0.469. The number of thiophene rings is 2. The number of rotatable bonds is 2. The second-order valence-corrected chi connectivity index (χ2v) is 7.41. The van der Waals surface area contributed by atoms with Gasteiger partial charge in [0.1, 0.15) is 0 Å². The number of aromatic nitrogens is 2. The lowest BCUT2D eigenvalue weighted by molar-refractivity contribution is 0.433. The molecule has 0 aliphatic heterocycles. The minimum Gasteiger partial charge on any atom is -0.390 e. The lowest BCUT2D eigenvalue weighted by Gasteiger charge is -1.88. The fourth-order valence-corrected chi connectivity index (χ4v) is 3.66. The number of nitrogens with two attached hydrogens (primary N) is 1. The summed E-state index contributed by atoms with van der Waals surface area (Å²) in [6, 6.07) is 5.87. The standard InChI is InChI=1S/C11H8BrN3OS2/c1-5-4-6(9(13)17-5)11-14-10(15-16-11)7-2-3-8(12)18-7/h2-4H,13H2,1H3. The van der Waals surface area contributed by atoms with Gasteiger partial charge in [0.05, 0.1) is 19.2 Å². The van der Waals surface area contributed by atoms with Crippen molar-refractivity contribution in [2.24, 2.45) is 0 Å². The zero-order valence-electron chi connectivity index (χ0n) is 9.31. The Labute approximate surface area is 120 Å². The van der Waals surface area contributed by atoms with E-state index in [9.17, 15) is 0 Å². The van der Waals surface area contributed by atoms with E-state index in [4.69, 9.17) is 10.3 Å². The third kappa shape index (κ3) is 2.09. The van der Waals surface area contributed by atoms with Crippen LogP contribution in [0.4, 0.5) is 5.00 Å². The number of anilines is 1. The van der Waals surface area contributed by atoms with Crippen LogP contribution in [-0.2, 0) is 0 Å². The normalized spacial score (nSPS) is 11.0. The summed E-state index contributed by atoms with van der Waals surface area (Å²) < 4.78 is 6.30. The Kier molecular flexibility index (Phi) is 2.96. The van der Waals surface area contributed by atoms with Crippen LogP contribution in [0.15, 0.2) is 26.5 Å². The van der Waals surface area contributed by atoms with Crippen molar-refractivity contribution in [3.05, 3.63) is 26.9 Å². The Hall–Kier alpha value is -1.18. The lowest BCUT2D eigenvalue weighted by atomic mass is 10.3. The van der Waals surface area contributed by atoms with E-state index in [1.54, 1.807) is 11.3 Å². The van der Waals surface area contributed by atoms with Crippen LogP contribution in [0.3, 0.4) is 0 Å². The summed E-state index contributed by atoms with van der Waals surface area (Å²) in [5.41, 5.74) is 6.72. The van der Waals surface area contributed by atoms with Crippen molar-refractivity contribution >= 4 is 43.6 Å². The molecule has 7 heteroatoms. The molecule has 3 aromatic rings. The Morgan fingerprint density at radius 2 is 2.17 bits per heavy atom. The molecule has 2 N–H and O–H groups in total. The van der Waals surface area contributed by atoms with Crippen molar-refractivity contribution in [3.63, 3.8) is 0 Å². The number of halogens is 1. The average Bonchev–Trinajstić information content (AvgIpc) is 2.98. The predicted octanol–water partition coefficient (Wildman–Crippen LogP) is 4.18. The molecule has 18 heavy (non-hydrogen) atoms. The second-order valence-electron chi connectivity index (χ2n) is 3.66. The second kappa shape index (κ2) is 4.49. The molecule has 3 heterocycles. The molecular weight excluding hydrogens is 334 g/mol. The van der Waals surface area contributed by atoms with E-state index < -0.39 is 0 Å². The van der Waals surface area contributed by atoms with Crippen LogP contribution in [0.1, 0.15) is 4.88 Å². The van der Waals surface area contributed by atoms with Crippen LogP contribution < -0.4 is 5.73 Å². The minimum atomic E-state index is 0.469. The fourth-order valence-electron chi connectivity index (χ4n) is 1.57. The van der Waals surface area contributed by atoms with Gasteiger partial charge in [-0.2, -0.15) is 4.98 Å². The first-order valence-corrected chi connectivity index (χ1v) is 7.52. The molecule has 0 amide bonds. The van der Waals surface area contributed by atoms with Crippen molar-refractivity contribution in [1.82, 2.24) is 10.1 Å². The number of hydrogen-bond donors (Lipinski definition) is 1. The molecule has 92 valence electrons. The van der Waals surface area contributed by atoms with Crippen molar-refractivity contribution in [2.75, 3.05) is 5.73 Å². The van der Waals surface area contributed by atoms with Crippen LogP contribution in [0, 0.1) is 6.92 Å². The molecule has 0 bridgehead atoms. The molecule has 0 aromatic carbocycles. The number of aryl methyl sites for hydroxylation is 1. The Morgan fingerprint density at radius 3 is 2.78 bits per heavy atom. The van der Waals surface area contributed by atoms with Gasteiger partial charge in [-0.05, 0) is 41.1 Å². The summed E-state index contributed by atoms with van der Waals surface area (Å²) >= 11 is 6.49. The summed E-state index contributed by atoms with van der Waals surface area (Å²) in [6.07, 6.45) is 0. The zero-order valence-corrected chi connectivity index (χ0v) is 12.5. The maximum atomic E-state index is 5.91. The third-order valence-electron chi connectivity index (χ3n) is 2.33. The van der Waals surface area contributed by atoms with Gasteiger partial charge in [0, 0.05) is 4.88 Å². The fraction of sp³-hybridized carbons (Fsp3) is 0.0909. The van der Waals surface area contributed by atoms with Crippen molar-refractivity contribution < 1.29 is 4.52 Å². The van der Waals surface area contributed by atoms with Crippen LogP contribution >= 0.6 is 38.6 Å². The highest BCUT2D eigenvalue weighted by Crippen LogP contribution is 2.35. The molecule has 0 fully saturated rings. The first kappa shape index (κ1) is 11.9. The van der Waals surface area contributed by atoms with E-state index in [0.717, 1.165) is 19.1 Å². The van der Waals surface area contributed by atoms with Crippen molar-refractivity contribution in [3.8, 4) is 22.2 Å². The molecule has 0 radical (unpaired) electrons. The van der Waals surface area contributed by atoms with Gasteiger partial charge in [-0.15, -0.1) is 22.7 Å². The molecule has 4 nitrogen and oxygen atoms in total. The lowest BCUT2D eigenvalue weighted by Crippen LogP contribution is -1.83. The zero-order chi connectivity index (χ0) is 12.7. The predicted molar refractivity (Wildman–Crippen MR) is 77.8 cm³/mol. The van der Waals surface area contributed by atoms with Crippen LogP contribution in [-0.4, -0.2) is 10.1 Å². The molecule has 3 aromatic heterocycles. The molecule has 0 saturated heterocycles. The van der Waals surface area contributed by atoms with E-state index in [2.05, 4.69) is 26.1 Å². The molecule has 3 rings (SSSR count). The molecular formula is C11H8BrN3OS2. The summed E-state index contributed by atoms with van der Waals surface area (Å²) in [6.45, 7) is 2.00. The molecule has 0 spiro atoms. The van der Waals surface area contributed by atoms with Gasteiger partial charge in [0.25, 0.3) is 5.89 Å². The van der Waals surface area contributed by atoms with E-state index >= 15 is 0 Å². The summed E-state index contributed by atoms with van der Waals surface area (Å²) in [5.74, 6) is 1.06. The monoisotopic (exact) mass is 341 g/mol. The van der Waals surface area contributed by atoms with E-state index in [-0.39, 0.29) is 0 Å². The smallest absolute Gasteiger partial charge is 0.261 e. The van der Waals surface area contributed by atoms with E-state index in [0.29, 0.717) is 16.7 Å². The number of nitrogens with zero attached hydrogens (tertiary/aromatic N) is 2. The number of hydrogen-bond acceptors (Lipinski definition) is 6. The van der Waals surface area contributed by atoms with Gasteiger partial charge >= 0.3 is 0 Å². The maximum Gasteiger partial charge on any atom is 0.261 e. The highest BCUT2D eigenvalue weighted by Gasteiger charge is 2.15. The van der Waals surface area contributed by atoms with E-state index in [1.807, 2.05) is 25.1 Å². The highest BCUT2D eigenvalue weighted by molar-refractivity contribution is 9.11. The van der Waals surface area contributed by atoms with Crippen LogP contribution in [0.25, 0.3) is 22.2 Å². The molecule has 0 aliphatic rings. The first-order valence-electron chi connectivity index (χ1n) is 5.09. The van der Waals surface area contributed by atoms with Gasteiger partial charge in [0.15, 0.2) is 0 Å². The highest BCUT2D eigenvalue weighted by atomic mass is 79.9. The summed E-state index contributed by atoms with van der Waals surface area (Å²) in [5, 5.41) is 4.68. The Morgan fingerprint density at radius 1 is 1.33 bits per heavy atom. The Bertz CT molecular complexity index is 701. The van der Waals surface area contributed by atoms with Gasteiger partial charge in [0.2, 0.25) is 5.82 Å². The molecule has 0 aliphatic carbocycles. The Balaban J connectivity index is 2.01. The van der Waals surface area contributed by atoms with Gasteiger partial charge in [-0.1, -0.05) is 5.16 Å². The topological polar surface area (TPSA) is 64.9 Å². The molecule has 0 atom stereocenters. The maximum absolute atomic E-state index is 5.91.